The maximum absolute atomic E-state index is 5.48. The minimum Gasteiger partial charge on any atom is -0.292 e. The fraction of sp³-hybridized carbons (Fsp3) is 0. The molecule has 0 radical (unpaired) electrons. The molecule has 212 valence electrons. The van der Waals surface area contributed by atoms with Gasteiger partial charge in [-0.25, -0.2) is 9.97 Å². The molecule has 0 amide bonds. The van der Waals surface area contributed by atoms with E-state index in [1.807, 2.05) is 23.5 Å². The number of hydrogen-bond donors (Lipinski definition) is 0. The molecule has 0 saturated carbocycles. The summed E-state index contributed by atoms with van der Waals surface area (Å²) in [7, 11) is 0. The molecule has 0 spiro atoms. The summed E-state index contributed by atoms with van der Waals surface area (Å²) in [5.74, 6) is 0.853. The first-order valence-corrected chi connectivity index (χ1v) is 16.4. The second-order valence-electron chi connectivity index (χ2n) is 12.1. The van der Waals surface area contributed by atoms with Gasteiger partial charge in [-0.1, -0.05) is 103 Å². The largest absolute Gasteiger partial charge is 0.292 e. The molecule has 0 saturated heterocycles. The maximum Gasteiger partial charge on any atom is 0.165 e. The molecule has 8 aromatic carbocycles. The number of fused-ring (bicyclic) bond motifs is 9. The van der Waals surface area contributed by atoms with Crippen LogP contribution in [0.25, 0.3) is 102 Å². The minimum atomic E-state index is 0.853. The van der Waals surface area contributed by atoms with Crippen LogP contribution in [-0.4, -0.2) is 14.5 Å². The third-order valence-electron chi connectivity index (χ3n) is 9.71. The second-order valence-corrected chi connectivity index (χ2v) is 13.2. The Morgan fingerprint density at radius 3 is 1.98 bits per heavy atom. The Labute approximate surface area is 266 Å². The standard InChI is InChI=1S/C42H23N3S/c1-2-12-25-24(11-1)23-34-40-38(25)27-14-4-3-13-26(27)28-16-9-20-33(39(28)40)45(34)42-41(43-31-18-6-7-19-32(31)44-42)30-17-10-22-36-37(30)29-15-5-8-21-35(29)46-36/h1-23H. The summed E-state index contributed by atoms with van der Waals surface area (Å²) in [4.78, 5) is 10.9. The predicted octanol–water partition coefficient (Wildman–Crippen LogP) is 11.7. The summed E-state index contributed by atoms with van der Waals surface area (Å²) < 4.78 is 4.92. The molecule has 3 nitrogen and oxygen atoms in total. The molecule has 3 aromatic heterocycles. The van der Waals surface area contributed by atoms with E-state index in [0.717, 1.165) is 39.1 Å². The quantitative estimate of drug-likeness (QED) is 0.185. The van der Waals surface area contributed by atoms with Crippen molar-refractivity contribution in [3.05, 3.63) is 140 Å². The fourth-order valence-electron chi connectivity index (χ4n) is 7.85. The van der Waals surface area contributed by atoms with Crippen molar-refractivity contribution >= 4 is 96.7 Å². The Hall–Kier alpha value is -5.84. The van der Waals surface area contributed by atoms with Crippen LogP contribution in [-0.2, 0) is 0 Å². The number of thiophene rings is 1. The third-order valence-corrected chi connectivity index (χ3v) is 10.8. The zero-order valence-electron chi connectivity index (χ0n) is 24.5. The highest BCUT2D eigenvalue weighted by Gasteiger charge is 2.25. The number of para-hydroxylation sites is 2. The van der Waals surface area contributed by atoms with Gasteiger partial charge in [-0.05, 0) is 63.3 Å². The lowest BCUT2D eigenvalue weighted by molar-refractivity contribution is 1.08. The van der Waals surface area contributed by atoms with E-state index >= 15 is 0 Å². The number of benzene rings is 8. The Balaban J connectivity index is 1.39. The van der Waals surface area contributed by atoms with Crippen molar-refractivity contribution in [2.24, 2.45) is 0 Å². The predicted molar refractivity (Wildman–Crippen MR) is 196 cm³/mol. The molecular weight excluding hydrogens is 579 g/mol. The highest BCUT2D eigenvalue weighted by molar-refractivity contribution is 7.25. The van der Waals surface area contributed by atoms with Gasteiger partial charge in [0.15, 0.2) is 5.82 Å². The van der Waals surface area contributed by atoms with E-state index in [9.17, 15) is 0 Å². The number of hydrogen-bond acceptors (Lipinski definition) is 3. The van der Waals surface area contributed by atoms with Gasteiger partial charge in [0.1, 0.15) is 5.69 Å². The van der Waals surface area contributed by atoms with Crippen LogP contribution in [0.15, 0.2) is 140 Å². The van der Waals surface area contributed by atoms with Crippen molar-refractivity contribution in [1.29, 1.82) is 0 Å². The highest BCUT2D eigenvalue weighted by atomic mass is 32.1. The topological polar surface area (TPSA) is 30.7 Å². The van der Waals surface area contributed by atoms with Gasteiger partial charge in [0.25, 0.3) is 0 Å². The van der Waals surface area contributed by atoms with E-state index in [1.54, 1.807) is 0 Å². The van der Waals surface area contributed by atoms with Crippen LogP contribution >= 0.6 is 11.3 Å². The van der Waals surface area contributed by atoms with Crippen LogP contribution in [0.3, 0.4) is 0 Å². The number of aromatic nitrogens is 3. The van der Waals surface area contributed by atoms with Crippen molar-refractivity contribution in [1.82, 2.24) is 14.5 Å². The lowest BCUT2D eigenvalue weighted by Gasteiger charge is -2.15. The van der Waals surface area contributed by atoms with Gasteiger partial charge in [-0.3, -0.25) is 4.57 Å². The van der Waals surface area contributed by atoms with Crippen molar-refractivity contribution in [2.45, 2.75) is 0 Å². The van der Waals surface area contributed by atoms with E-state index in [1.165, 1.54) is 63.3 Å². The summed E-state index contributed by atoms with van der Waals surface area (Å²) in [5.41, 5.74) is 6.07. The van der Waals surface area contributed by atoms with E-state index in [2.05, 4.69) is 132 Å². The van der Waals surface area contributed by atoms with Crippen LogP contribution in [0.2, 0.25) is 0 Å². The van der Waals surface area contributed by atoms with E-state index < -0.39 is 0 Å². The molecule has 11 rings (SSSR count). The van der Waals surface area contributed by atoms with Gasteiger partial charge in [-0.15, -0.1) is 11.3 Å². The summed E-state index contributed by atoms with van der Waals surface area (Å²) in [6, 6.07) is 50.3. The van der Waals surface area contributed by atoms with Crippen LogP contribution in [0, 0.1) is 0 Å². The van der Waals surface area contributed by atoms with Gasteiger partial charge in [0.2, 0.25) is 0 Å². The number of nitrogens with zero attached hydrogens (tertiary/aromatic N) is 3. The molecule has 11 aromatic rings. The fourth-order valence-corrected chi connectivity index (χ4v) is 8.98. The third kappa shape index (κ3) is 3.11. The molecule has 0 N–H and O–H groups in total. The number of rotatable bonds is 2. The SMILES string of the molecule is c1ccc2c(c1)cc1c3c2c2ccccc2c2cccc(c23)n1-c1nc2ccccc2nc1-c1cccc2sc3ccccc3c12. The van der Waals surface area contributed by atoms with Crippen molar-refractivity contribution in [3.8, 4) is 17.1 Å². The zero-order chi connectivity index (χ0) is 29.9. The lowest BCUT2D eigenvalue weighted by Crippen LogP contribution is -2.04. The molecule has 0 bridgehead atoms. The summed E-state index contributed by atoms with van der Waals surface area (Å²) in [6.45, 7) is 0. The van der Waals surface area contributed by atoms with Crippen LogP contribution in [0.1, 0.15) is 0 Å². The zero-order valence-corrected chi connectivity index (χ0v) is 25.3. The Bertz CT molecular complexity index is 3030. The van der Waals surface area contributed by atoms with Crippen molar-refractivity contribution < 1.29 is 0 Å². The summed E-state index contributed by atoms with van der Waals surface area (Å²) >= 11 is 1.83. The van der Waals surface area contributed by atoms with Crippen LogP contribution < -0.4 is 0 Å². The Morgan fingerprint density at radius 2 is 1.09 bits per heavy atom. The molecule has 4 heteroatoms. The monoisotopic (exact) mass is 601 g/mol. The summed E-state index contributed by atoms with van der Waals surface area (Å²) in [6.07, 6.45) is 0. The van der Waals surface area contributed by atoms with Crippen molar-refractivity contribution in [2.75, 3.05) is 0 Å². The van der Waals surface area contributed by atoms with E-state index in [0.29, 0.717) is 0 Å². The van der Waals surface area contributed by atoms with Crippen LogP contribution in [0.4, 0.5) is 0 Å². The first kappa shape index (κ1) is 24.5. The molecule has 3 heterocycles. The van der Waals surface area contributed by atoms with Gasteiger partial charge >= 0.3 is 0 Å². The van der Waals surface area contributed by atoms with Crippen LogP contribution in [0.5, 0.6) is 0 Å². The molecule has 0 unspecified atom stereocenters. The Morgan fingerprint density at radius 1 is 0.435 bits per heavy atom. The normalized spacial score (nSPS) is 12.3. The van der Waals surface area contributed by atoms with Gasteiger partial charge < -0.3 is 0 Å². The molecular formula is C42H23N3S. The smallest absolute Gasteiger partial charge is 0.165 e. The lowest BCUT2D eigenvalue weighted by atomic mass is 9.91. The molecule has 0 aliphatic carbocycles. The van der Waals surface area contributed by atoms with Crippen molar-refractivity contribution in [3.63, 3.8) is 0 Å². The minimum absolute atomic E-state index is 0.853. The molecule has 0 fully saturated rings. The van der Waals surface area contributed by atoms with Gasteiger partial charge in [-0.2, -0.15) is 0 Å². The first-order chi connectivity index (χ1) is 22.8. The molecule has 0 aliphatic rings. The maximum atomic E-state index is 5.48. The molecule has 0 aliphatic heterocycles. The summed E-state index contributed by atoms with van der Waals surface area (Å²) in [5, 5.41) is 12.7. The van der Waals surface area contributed by atoms with E-state index in [-0.39, 0.29) is 0 Å². The van der Waals surface area contributed by atoms with E-state index in [4.69, 9.17) is 9.97 Å². The average molecular weight is 602 g/mol. The molecule has 46 heavy (non-hydrogen) atoms. The molecule has 0 atom stereocenters. The van der Waals surface area contributed by atoms with Gasteiger partial charge in [0.05, 0.1) is 22.1 Å². The van der Waals surface area contributed by atoms with Gasteiger partial charge in [0, 0.05) is 41.9 Å². The average Bonchev–Trinajstić information content (AvgIpc) is 3.66. The highest BCUT2D eigenvalue weighted by Crippen LogP contribution is 2.48. The Kier molecular flexibility index (Phi) is 4.72. The first-order valence-electron chi connectivity index (χ1n) is 15.6. The second kappa shape index (κ2) is 8.87.